The number of carbonyl (C=O) groups is 2. The monoisotopic (exact) mass is 496 g/mol. The zero-order chi connectivity index (χ0) is 25.7. The standard InChI is InChI=1S/C27H32N2O7/c1-33-19-10-8-18(9-11-19)24(30)22-23(20-6-4-7-21(34-2)26(20)35-3)29(27(32)25(22)31)13-5-12-28-14-16-36-17-15-28/h4,6-11,23,30H,5,12-17H2,1-3H3. The Morgan fingerprint density at radius 3 is 2.33 bits per heavy atom. The zero-order valence-electron chi connectivity index (χ0n) is 20.9. The van der Waals surface area contributed by atoms with E-state index in [-0.39, 0.29) is 11.3 Å². The van der Waals surface area contributed by atoms with Crippen LogP contribution < -0.4 is 14.2 Å². The number of nitrogens with zero attached hydrogens (tertiary/aromatic N) is 2. The van der Waals surface area contributed by atoms with Gasteiger partial charge in [-0.1, -0.05) is 12.1 Å². The van der Waals surface area contributed by atoms with Crippen LogP contribution in [-0.4, -0.2) is 87.3 Å². The van der Waals surface area contributed by atoms with E-state index >= 15 is 0 Å². The number of carbonyl (C=O) groups excluding carboxylic acids is 2. The molecule has 0 spiro atoms. The smallest absolute Gasteiger partial charge is 0.295 e. The maximum Gasteiger partial charge on any atom is 0.295 e. The molecule has 2 aliphatic rings. The summed E-state index contributed by atoms with van der Waals surface area (Å²) in [4.78, 5) is 30.4. The molecule has 2 heterocycles. The highest BCUT2D eigenvalue weighted by atomic mass is 16.5. The van der Waals surface area contributed by atoms with Crippen molar-refractivity contribution in [3.05, 3.63) is 59.2 Å². The van der Waals surface area contributed by atoms with Gasteiger partial charge in [-0.25, -0.2) is 0 Å². The minimum absolute atomic E-state index is 0.0168. The normalized spacial score (nSPS) is 20.0. The fraction of sp³-hybridized carbons (Fsp3) is 0.407. The van der Waals surface area contributed by atoms with Gasteiger partial charge in [0.1, 0.15) is 11.5 Å². The molecule has 2 aromatic rings. The van der Waals surface area contributed by atoms with Gasteiger partial charge in [0.2, 0.25) is 0 Å². The van der Waals surface area contributed by atoms with Crippen LogP contribution in [0.25, 0.3) is 5.76 Å². The minimum Gasteiger partial charge on any atom is -0.507 e. The molecule has 9 nitrogen and oxygen atoms in total. The lowest BCUT2D eigenvalue weighted by Crippen LogP contribution is -2.39. The van der Waals surface area contributed by atoms with Gasteiger partial charge < -0.3 is 29.0 Å². The Morgan fingerprint density at radius 1 is 0.972 bits per heavy atom. The fourth-order valence-corrected chi connectivity index (χ4v) is 4.76. The molecule has 0 saturated carbocycles. The number of ketones is 1. The van der Waals surface area contributed by atoms with Crippen molar-refractivity contribution in [2.24, 2.45) is 0 Å². The number of aliphatic hydroxyl groups is 1. The molecule has 9 heteroatoms. The molecule has 0 radical (unpaired) electrons. The number of likely N-dealkylation sites (tertiary alicyclic amines) is 1. The third-order valence-corrected chi connectivity index (χ3v) is 6.61. The SMILES string of the molecule is COc1ccc(C(O)=C2C(=O)C(=O)N(CCCN3CCOCC3)C2c2cccc(OC)c2OC)cc1. The number of hydrogen-bond acceptors (Lipinski definition) is 8. The lowest BCUT2D eigenvalue weighted by atomic mass is 9.94. The van der Waals surface area contributed by atoms with Crippen LogP contribution >= 0.6 is 0 Å². The van der Waals surface area contributed by atoms with Crippen molar-refractivity contribution < 1.29 is 33.6 Å². The summed E-state index contributed by atoms with van der Waals surface area (Å²) in [5, 5.41) is 11.3. The predicted octanol–water partition coefficient (Wildman–Crippen LogP) is 2.86. The number of Topliss-reactive ketones (excluding diaryl/α,β-unsaturated/α-hetero) is 1. The van der Waals surface area contributed by atoms with Gasteiger partial charge in [-0.05, 0) is 36.8 Å². The largest absolute Gasteiger partial charge is 0.507 e. The third-order valence-electron chi connectivity index (χ3n) is 6.61. The number of amides is 1. The van der Waals surface area contributed by atoms with Crippen LogP contribution in [0, 0.1) is 0 Å². The Hall–Kier alpha value is -3.56. The molecular weight excluding hydrogens is 464 g/mol. The van der Waals surface area contributed by atoms with Crippen LogP contribution in [0.4, 0.5) is 0 Å². The second-order valence-corrected chi connectivity index (χ2v) is 8.61. The lowest BCUT2D eigenvalue weighted by molar-refractivity contribution is -0.140. The number of hydrogen-bond donors (Lipinski definition) is 1. The van der Waals surface area contributed by atoms with Gasteiger partial charge in [-0.3, -0.25) is 14.5 Å². The van der Waals surface area contributed by atoms with Gasteiger partial charge in [0.15, 0.2) is 11.5 Å². The highest BCUT2D eigenvalue weighted by Gasteiger charge is 2.47. The first kappa shape index (κ1) is 25.5. The number of para-hydroxylation sites is 1. The van der Waals surface area contributed by atoms with E-state index in [0.29, 0.717) is 54.6 Å². The van der Waals surface area contributed by atoms with Crippen molar-refractivity contribution in [3.8, 4) is 17.2 Å². The van der Waals surface area contributed by atoms with Crippen molar-refractivity contribution >= 4 is 17.4 Å². The molecule has 2 aliphatic heterocycles. The molecule has 0 aliphatic carbocycles. The lowest BCUT2D eigenvalue weighted by Gasteiger charge is -2.30. The maximum absolute atomic E-state index is 13.3. The summed E-state index contributed by atoms with van der Waals surface area (Å²) in [6.45, 7) is 4.16. The molecule has 2 fully saturated rings. The first-order valence-corrected chi connectivity index (χ1v) is 11.9. The van der Waals surface area contributed by atoms with E-state index in [1.54, 1.807) is 49.6 Å². The topological polar surface area (TPSA) is 97.8 Å². The summed E-state index contributed by atoms with van der Waals surface area (Å²) < 4.78 is 21.7. The first-order valence-electron chi connectivity index (χ1n) is 11.9. The number of benzene rings is 2. The van der Waals surface area contributed by atoms with Crippen LogP contribution in [0.5, 0.6) is 17.2 Å². The van der Waals surface area contributed by atoms with Gasteiger partial charge in [0.25, 0.3) is 11.7 Å². The summed E-state index contributed by atoms with van der Waals surface area (Å²) in [7, 11) is 4.58. The molecule has 1 unspecified atom stereocenters. The summed E-state index contributed by atoms with van der Waals surface area (Å²) in [6.07, 6.45) is 0.665. The Balaban J connectivity index is 1.75. The Kier molecular flexibility index (Phi) is 8.12. The van der Waals surface area contributed by atoms with E-state index in [1.807, 2.05) is 0 Å². The van der Waals surface area contributed by atoms with Crippen LogP contribution in [0.3, 0.4) is 0 Å². The maximum atomic E-state index is 13.3. The van der Waals surface area contributed by atoms with Crippen molar-refractivity contribution in [2.45, 2.75) is 12.5 Å². The van der Waals surface area contributed by atoms with Gasteiger partial charge in [-0.2, -0.15) is 0 Å². The second kappa shape index (κ2) is 11.5. The molecule has 1 N–H and O–H groups in total. The van der Waals surface area contributed by atoms with E-state index in [9.17, 15) is 14.7 Å². The van der Waals surface area contributed by atoms with Crippen LogP contribution in [0.15, 0.2) is 48.0 Å². The zero-order valence-corrected chi connectivity index (χ0v) is 20.9. The van der Waals surface area contributed by atoms with E-state index < -0.39 is 17.7 Å². The highest BCUT2D eigenvalue weighted by molar-refractivity contribution is 6.46. The fourth-order valence-electron chi connectivity index (χ4n) is 4.76. The van der Waals surface area contributed by atoms with Crippen LogP contribution in [0.2, 0.25) is 0 Å². The second-order valence-electron chi connectivity index (χ2n) is 8.61. The number of rotatable bonds is 9. The van der Waals surface area contributed by atoms with Crippen molar-refractivity contribution in [1.29, 1.82) is 0 Å². The summed E-state index contributed by atoms with van der Waals surface area (Å²) in [5.74, 6) is -0.141. The van der Waals surface area contributed by atoms with E-state index in [4.69, 9.17) is 18.9 Å². The molecule has 192 valence electrons. The minimum atomic E-state index is -0.832. The molecule has 0 bridgehead atoms. The van der Waals surface area contributed by atoms with E-state index in [2.05, 4.69) is 4.90 Å². The van der Waals surface area contributed by atoms with Crippen LogP contribution in [0.1, 0.15) is 23.6 Å². The number of morpholine rings is 1. The Labute approximate surface area is 210 Å². The Bertz CT molecular complexity index is 1120. The van der Waals surface area contributed by atoms with E-state index in [0.717, 1.165) is 19.6 Å². The molecule has 1 amide bonds. The van der Waals surface area contributed by atoms with Gasteiger partial charge in [0.05, 0.1) is 46.2 Å². The molecular formula is C27H32N2O7. The molecule has 1 atom stereocenters. The molecule has 2 aromatic carbocycles. The summed E-state index contributed by atoms with van der Waals surface area (Å²) >= 11 is 0. The molecule has 36 heavy (non-hydrogen) atoms. The molecule has 0 aromatic heterocycles. The van der Waals surface area contributed by atoms with E-state index in [1.165, 1.54) is 19.1 Å². The number of aliphatic hydroxyl groups excluding tert-OH is 1. The van der Waals surface area contributed by atoms with Crippen molar-refractivity contribution in [3.63, 3.8) is 0 Å². The average Bonchev–Trinajstić information content (AvgIpc) is 3.17. The average molecular weight is 497 g/mol. The first-order chi connectivity index (χ1) is 17.5. The number of ether oxygens (including phenoxy) is 4. The Morgan fingerprint density at radius 2 is 1.69 bits per heavy atom. The summed E-state index contributed by atoms with van der Waals surface area (Å²) in [5.41, 5.74) is 0.995. The van der Waals surface area contributed by atoms with Gasteiger partial charge in [-0.15, -0.1) is 0 Å². The quantitative estimate of drug-likeness (QED) is 0.322. The number of methoxy groups -OCH3 is 3. The van der Waals surface area contributed by atoms with Gasteiger partial charge >= 0.3 is 0 Å². The highest BCUT2D eigenvalue weighted by Crippen LogP contribution is 2.45. The molecule has 4 rings (SSSR count). The predicted molar refractivity (Wildman–Crippen MR) is 133 cm³/mol. The van der Waals surface area contributed by atoms with Gasteiger partial charge in [0, 0.05) is 37.3 Å². The van der Waals surface area contributed by atoms with Crippen molar-refractivity contribution in [1.82, 2.24) is 9.80 Å². The third kappa shape index (κ3) is 5.03. The van der Waals surface area contributed by atoms with Crippen molar-refractivity contribution in [2.75, 3.05) is 60.7 Å². The van der Waals surface area contributed by atoms with Crippen LogP contribution in [-0.2, 0) is 14.3 Å². The molecule has 2 saturated heterocycles. The summed E-state index contributed by atoms with van der Waals surface area (Å²) in [6, 6.07) is 11.2.